The minimum atomic E-state index is -0.268. The molecule has 0 aliphatic carbocycles. The van der Waals surface area contributed by atoms with Crippen molar-refractivity contribution < 1.29 is 13.9 Å². The molecule has 0 bridgehead atoms. The van der Waals surface area contributed by atoms with Gasteiger partial charge in [-0.3, -0.25) is 9.59 Å². The molecule has 8 nitrogen and oxygen atoms in total. The Hall–Kier alpha value is -3.94. The van der Waals surface area contributed by atoms with E-state index in [-0.39, 0.29) is 24.1 Å². The summed E-state index contributed by atoms with van der Waals surface area (Å²) in [5.41, 5.74) is 0.737. The fourth-order valence-corrected chi connectivity index (χ4v) is 4.54. The van der Waals surface area contributed by atoms with Crippen molar-refractivity contribution in [3.63, 3.8) is 0 Å². The number of methoxy groups -OCH3 is 1. The summed E-state index contributed by atoms with van der Waals surface area (Å²) in [6.45, 7) is 0.477. The van der Waals surface area contributed by atoms with Gasteiger partial charge < -0.3 is 14.1 Å². The Labute approximate surface area is 196 Å². The number of hydrogen-bond donors (Lipinski definition) is 0. The number of para-hydroxylation sites is 1. The van der Waals surface area contributed by atoms with E-state index in [4.69, 9.17) is 9.15 Å². The van der Waals surface area contributed by atoms with E-state index in [1.165, 1.54) is 4.68 Å². The molecule has 1 aliphatic rings. The minimum absolute atomic E-state index is 0.116. The highest BCUT2D eigenvalue weighted by molar-refractivity contribution is 5.81. The van der Waals surface area contributed by atoms with Gasteiger partial charge >= 0.3 is 0 Å². The average Bonchev–Trinajstić information content (AvgIpc) is 3.34. The zero-order chi connectivity index (χ0) is 23.5. The number of aromatic nitrogens is 3. The maximum absolute atomic E-state index is 13.3. The normalized spacial score (nSPS) is 16.0. The molecule has 2 aromatic heterocycles. The number of hydrogen-bond acceptors (Lipinski definition) is 6. The second kappa shape index (κ2) is 9.51. The van der Waals surface area contributed by atoms with Gasteiger partial charge in [-0.1, -0.05) is 36.4 Å². The zero-order valence-corrected chi connectivity index (χ0v) is 19.0. The predicted molar refractivity (Wildman–Crippen MR) is 127 cm³/mol. The minimum Gasteiger partial charge on any atom is -0.496 e. The molecule has 0 unspecified atom stereocenters. The predicted octanol–water partition coefficient (Wildman–Crippen LogP) is 3.74. The van der Waals surface area contributed by atoms with Gasteiger partial charge in [0.25, 0.3) is 5.56 Å². The number of ether oxygens (including phenoxy) is 1. The van der Waals surface area contributed by atoms with Gasteiger partial charge in [-0.05, 0) is 31.4 Å². The van der Waals surface area contributed by atoms with E-state index in [0.717, 1.165) is 36.0 Å². The number of oxazole rings is 1. The van der Waals surface area contributed by atoms with Crippen LogP contribution in [0, 0.1) is 0 Å². The molecule has 8 heteroatoms. The van der Waals surface area contributed by atoms with E-state index < -0.39 is 0 Å². The first-order valence-electron chi connectivity index (χ1n) is 11.4. The highest BCUT2D eigenvalue weighted by atomic mass is 16.5. The van der Waals surface area contributed by atoms with E-state index in [2.05, 4.69) is 10.1 Å². The van der Waals surface area contributed by atoms with Gasteiger partial charge in [0.2, 0.25) is 11.8 Å². The van der Waals surface area contributed by atoms with Crippen LogP contribution in [0.4, 0.5) is 0 Å². The number of amides is 1. The molecule has 5 rings (SSSR count). The number of piperidine rings is 1. The molecule has 174 valence electrons. The van der Waals surface area contributed by atoms with Gasteiger partial charge in [0, 0.05) is 23.9 Å². The second-order valence-electron chi connectivity index (χ2n) is 8.45. The quantitative estimate of drug-likeness (QED) is 0.437. The van der Waals surface area contributed by atoms with Crippen molar-refractivity contribution in [1.29, 1.82) is 0 Å². The van der Waals surface area contributed by atoms with Gasteiger partial charge in [0.15, 0.2) is 0 Å². The van der Waals surface area contributed by atoms with Crippen LogP contribution in [0.25, 0.3) is 10.8 Å². The van der Waals surface area contributed by atoms with Crippen molar-refractivity contribution in [2.75, 3.05) is 13.7 Å². The van der Waals surface area contributed by atoms with Gasteiger partial charge in [-0.15, -0.1) is 0 Å². The van der Waals surface area contributed by atoms with Crippen LogP contribution >= 0.6 is 0 Å². The molecule has 4 aromatic rings. The van der Waals surface area contributed by atoms with E-state index in [1.54, 1.807) is 30.5 Å². The van der Waals surface area contributed by atoms with Crippen LogP contribution in [-0.2, 0) is 17.8 Å². The molecular formula is C26H26N4O4. The summed E-state index contributed by atoms with van der Waals surface area (Å²) in [6.07, 6.45) is 6.53. The van der Waals surface area contributed by atoms with Crippen molar-refractivity contribution in [2.45, 2.75) is 38.3 Å². The molecule has 3 heterocycles. The molecule has 1 aliphatic heterocycles. The van der Waals surface area contributed by atoms with Crippen LogP contribution in [0.3, 0.4) is 0 Å². The van der Waals surface area contributed by atoms with Crippen LogP contribution in [-0.4, -0.2) is 39.2 Å². The third kappa shape index (κ3) is 4.31. The number of nitrogens with zero attached hydrogens (tertiary/aromatic N) is 4. The molecule has 0 saturated carbocycles. The fraction of sp³-hybridized carbons (Fsp3) is 0.308. The maximum atomic E-state index is 13.3. The van der Waals surface area contributed by atoms with Crippen molar-refractivity contribution in [2.24, 2.45) is 0 Å². The standard InChI is InChI=1S/C26H26N4O4/c1-33-23-12-5-3-8-18(23)14-20-16-27-25(34-20)22-11-6-7-13-29(22)24(31)17-30-26(32)21-10-4-2-9-19(21)15-28-30/h2-5,8-10,12,15-16,22H,6-7,11,13-14,17H2,1H3/t22-/m1/s1. The first-order chi connectivity index (χ1) is 16.6. The van der Waals surface area contributed by atoms with Crippen LogP contribution in [0.15, 0.2) is 70.1 Å². The highest BCUT2D eigenvalue weighted by Crippen LogP contribution is 2.31. The third-order valence-electron chi connectivity index (χ3n) is 6.28. The first-order valence-corrected chi connectivity index (χ1v) is 11.4. The number of carbonyl (C=O) groups is 1. The lowest BCUT2D eigenvalue weighted by atomic mass is 10.0. The molecule has 0 radical (unpaired) electrons. The number of fused-ring (bicyclic) bond motifs is 1. The Balaban J connectivity index is 1.35. The molecule has 0 spiro atoms. The number of rotatable bonds is 6. The Bertz CT molecular complexity index is 1380. The molecule has 2 aromatic carbocycles. The van der Waals surface area contributed by atoms with E-state index in [1.807, 2.05) is 42.5 Å². The maximum Gasteiger partial charge on any atom is 0.275 e. The largest absolute Gasteiger partial charge is 0.496 e. The number of benzene rings is 2. The smallest absolute Gasteiger partial charge is 0.275 e. The molecular weight excluding hydrogens is 432 g/mol. The summed E-state index contributed by atoms with van der Waals surface area (Å²) >= 11 is 0. The van der Waals surface area contributed by atoms with Gasteiger partial charge in [0.05, 0.1) is 24.9 Å². The number of carbonyl (C=O) groups excluding carboxylic acids is 1. The summed E-state index contributed by atoms with van der Waals surface area (Å²) < 4.78 is 12.8. The van der Waals surface area contributed by atoms with Gasteiger partial charge in [0.1, 0.15) is 24.1 Å². The summed E-state index contributed by atoms with van der Waals surface area (Å²) in [4.78, 5) is 32.4. The van der Waals surface area contributed by atoms with E-state index >= 15 is 0 Å². The Kier molecular flexibility index (Phi) is 6.12. The van der Waals surface area contributed by atoms with Gasteiger partial charge in [-0.2, -0.15) is 5.10 Å². The Morgan fingerprint density at radius 3 is 2.82 bits per heavy atom. The monoisotopic (exact) mass is 458 g/mol. The van der Waals surface area contributed by atoms with Crippen LogP contribution in [0.5, 0.6) is 5.75 Å². The molecule has 1 amide bonds. The molecule has 1 atom stereocenters. The molecule has 1 saturated heterocycles. The summed E-state index contributed by atoms with van der Waals surface area (Å²) in [5.74, 6) is 1.86. The molecule has 1 fully saturated rings. The van der Waals surface area contributed by atoms with Gasteiger partial charge in [-0.25, -0.2) is 9.67 Å². The fourth-order valence-electron chi connectivity index (χ4n) is 4.54. The van der Waals surface area contributed by atoms with E-state index in [9.17, 15) is 9.59 Å². The second-order valence-corrected chi connectivity index (χ2v) is 8.45. The summed E-state index contributed by atoms with van der Waals surface area (Å²) in [7, 11) is 1.64. The topological polar surface area (TPSA) is 90.5 Å². The lowest BCUT2D eigenvalue weighted by Crippen LogP contribution is -2.42. The Morgan fingerprint density at radius 1 is 1.12 bits per heavy atom. The molecule has 34 heavy (non-hydrogen) atoms. The number of likely N-dealkylation sites (tertiary alicyclic amines) is 1. The average molecular weight is 459 g/mol. The van der Waals surface area contributed by atoms with Crippen molar-refractivity contribution in [3.8, 4) is 5.75 Å². The van der Waals surface area contributed by atoms with Crippen LogP contribution < -0.4 is 10.3 Å². The third-order valence-corrected chi connectivity index (χ3v) is 6.28. The zero-order valence-electron chi connectivity index (χ0n) is 19.0. The SMILES string of the molecule is COc1ccccc1Cc1cnc([C@H]2CCCCN2C(=O)Cn2ncc3ccccc3c2=O)o1. The lowest BCUT2D eigenvalue weighted by molar-refractivity contribution is -0.136. The molecule has 0 N–H and O–H groups in total. The first kappa shape index (κ1) is 21.9. The van der Waals surface area contributed by atoms with Crippen molar-refractivity contribution >= 4 is 16.7 Å². The van der Waals surface area contributed by atoms with Crippen LogP contribution in [0.1, 0.15) is 42.5 Å². The highest BCUT2D eigenvalue weighted by Gasteiger charge is 2.32. The van der Waals surface area contributed by atoms with E-state index in [0.29, 0.717) is 30.0 Å². The van der Waals surface area contributed by atoms with Crippen molar-refractivity contribution in [1.82, 2.24) is 19.7 Å². The lowest BCUT2D eigenvalue weighted by Gasteiger charge is -2.33. The summed E-state index contributed by atoms with van der Waals surface area (Å²) in [5, 5.41) is 5.52. The van der Waals surface area contributed by atoms with Crippen molar-refractivity contribution in [3.05, 3.63) is 88.5 Å². The van der Waals surface area contributed by atoms with Crippen LogP contribution in [0.2, 0.25) is 0 Å². The summed E-state index contributed by atoms with van der Waals surface area (Å²) in [6, 6.07) is 14.8. The Morgan fingerprint density at radius 2 is 1.94 bits per heavy atom.